The fourth-order valence-corrected chi connectivity index (χ4v) is 2.88. The van der Waals surface area contributed by atoms with Gasteiger partial charge in [-0.15, -0.1) is 0 Å². The molecule has 2 aliphatic heterocycles. The van der Waals surface area contributed by atoms with Crippen LogP contribution < -0.4 is 4.72 Å². The molecule has 2 aliphatic rings. The molecule has 0 saturated carbocycles. The van der Waals surface area contributed by atoms with Crippen LogP contribution in [0.5, 0.6) is 0 Å². The van der Waals surface area contributed by atoms with Gasteiger partial charge in [-0.3, -0.25) is 6.42 Å². The molecule has 0 aromatic carbocycles. The van der Waals surface area contributed by atoms with Crippen molar-refractivity contribution in [3.05, 3.63) is 6.42 Å². The SMILES string of the molecule is CS(=O)(=O)N[C@H]1[CH-][C@@H](N2CCOCC2)COC1.[Y]. The van der Waals surface area contributed by atoms with Gasteiger partial charge >= 0.3 is 0 Å². The van der Waals surface area contributed by atoms with Crippen LogP contribution in [0.15, 0.2) is 0 Å². The first-order chi connectivity index (χ1) is 8.04. The largest absolute Gasteiger partial charge is 0.384 e. The number of hydrogen-bond acceptors (Lipinski definition) is 5. The molecule has 0 unspecified atom stereocenters. The fraction of sp³-hybridized carbons (Fsp3) is 0.900. The molecule has 8 heteroatoms. The second-order valence-corrected chi connectivity index (χ2v) is 6.22. The normalized spacial score (nSPS) is 30.7. The molecule has 1 N–H and O–H groups in total. The zero-order valence-electron chi connectivity index (χ0n) is 10.5. The molecule has 0 bridgehead atoms. The maximum atomic E-state index is 11.2. The van der Waals surface area contributed by atoms with Crippen molar-refractivity contribution >= 4 is 10.0 Å². The van der Waals surface area contributed by atoms with Crippen LogP contribution in [-0.2, 0) is 52.2 Å². The molecule has 0 aromatic heterocycles. The van der Waals surface area contributed by atoms with Crippen LogP contribution in [-0.4, -0.2) is 71.2 Å². The van der Waals surface area contributed by atoms with Gasteiger partial charge in [-0.05, 0) is 0 Å². The Hall–Kier alpha value is 0.894. The van der Waals surface area contributed by atoms with Crippen molar-refractivity contribution in [1.29, 1.82) is 0 Å². The first-order valence-corrected chi connectivity index (χ1v) is 7.65. The topological polar surface area (TPSA) is 67.9 Å². The Bertz CT molecular complexity index is 346. The third-order valence-electron chi connectivity index (χ3n) is 2.92. The van der Waals surface area contributed by atoms with E-state index in [2.05, 4.69) is 9.62 Å². The minimum atomic E-state index is -3.18. The number of ether oxygens (including phenoxy) is 2. The summed E-state index contributed by atoms with van der Waals surface area (Å²) < 4.78 is 35.6. The minimum absolute atomic E-state index is 0. The Balaban J connectivity index is 0.00000162. The van der Waals surface area contributed by atoms with E-state index < -0.39 is 10.0 Å². The molecule has 2 rings (SSSR count). The first kappa shape index (κ1) is 16.9. The van der Waals surface area contributed by atoms with E-state index in [0.29, 0.717) is 13.2 Å². The average molecular weight is 352 g/mol. The zero-order valence-corrected chi connectivity index (χ0v) is 14.2. The van der Waals surface area contributed by atoms with Gasteiger partial charge in [0.05, 0.1) is 19.5 Å². The molecule has 0 amide bonds. The first-order valence-electron chi connectivity index (χ1n) is 5.76. The maximum Gasteiger partial charge on any atom is 0.206 e. The van der Waals surface area contributed by atoms with Gasteiger partial charge in [-0.2, -0.15) is 0 Å². The third kappa shape index (κ3) is 5.48. The summed E-state index contributed by atoms with van der Waals surface area (Å²) in [5.74, 6) is 0. The Morgan fingerprint density at radius 1 is 1.22 bits per heavy atom. The van der Waals surface area contributed by atoms with E-state index in [1.807, 2.05) is 6.42 Å². The summed E-state index contributed by atoms with van der Waals surface area (Å²) in [4.78, 5) is 2.26. The van der Waals surface area contributed by atoms with Gasteiger partial charge in [0.15, 0.2) is 0 Å². The van der Waals surface area contributed by atoms with Crippen molar-refractivity contribution in [2.75, 3.05) is 45.8 Å². The minimum Gasteiger partial charge on any atom is -0.384 e. The summed E-state index contributed by atoms with van der Waals surface area (Å²) in [6, 6.07) is -0.0569. The van der Waals surface area contributed by atoms with E-state index >= 15 is 0 Å². The molecular formula is C10H19N2O4SY-. The number of nitrogens with one attached hydrogen (secondary N) is 1. The van der Waals surface area contributed by atoms with Crippen molar-refractivity contribution in [2.24, 2.45) is 0 Å². The van der Waals surface area contributed by atoms with Gasteiger partial charge in [-0.1, -0.05) is 12.1 Å². The molecule has 1 radical (unpaired) electrons. The van der Waals surface area contributed by atoms with Crippen LogP contribution in [0.2, 0.25) is 0 Å². The van der Waals surface area contributed by atoms with Crippen molar-refractivity contribution in [1.82, 2.24) is 9.62 Å². The van der Waals surface area contributed by atoms with Crippen molar-refractivity contribution < 1.29 is 50.6 Å². The van der Waals surface area contributed by atoms with E-state index in [9.17, 15) is 8.42 Å². The van der Waals surface area contributed by atoms with E-state index in [1.54, 1.807) is 0 Å². The second-order valence-electron chi connectivity index (χ2n) is 4.44. The van der Waals surface area contributed by atoms with Gasteiger partial charge in [-0.25, -0.2) is 13.1 Å². The van der Waals surface area contributed by atoms with E-state index in [0.717, 1.165) is 26.3 Å². The molecule has 2 atom stereocenters. The van der Waals surface area contributed by atoms with Gasteiger partial charge in [0.25, 0.3) is 0 Å². The van der Waals surface area contributed by atoms with Crippen molar-refractivity contribution in [3.8, 4) is 0 Å². The zero-order chi connectivity index (χ0) is 12.3. The molecule has 0 aromatic rings. The maximum absolute atomic E-state index is 11.2. The Kier molecular flexibility index (Phi) is 7.17. The quantitative estimate of drug-likeness (QED) is 0.649. The van der Waals surface area contributed by atoms with Crippen LogP contribution in [0.3, 0.4) is 0 Å². The molecule has 18 heavy (non-hydrogen) atoms. The number of hydrogen-bond donors (Lipinski definition) is 1. The van der Waals surface area contributed by atoms with Gasteiger partial charge in [0.1, 0.15) is 0 Å². The van der Waals surface area contributed by atoms with Gasteiger partial charge in [0.2, 0.25) is 10.0 Å². The Morgan fingerprint density at radius 3 is 2.50 bits per heavy atom. The summed E-state index contributed by atoms with van der Waals surface area (Å²) in [6.45, 7) is 4.24. The standard InChI is InChI=1S/C10H19N2O4S.Y/c1-17(13,14)11-9-6-10(8-16-7-9)12-2-4-15-5-3-12;/h6,9-11H,2-5,7-8H2,1H3;/q-1;/t9-,10+;/m0./s1. The number of morpholine rings is 1. The van der Waals surface area contributed by atoms with Crippen LogP contribution >= 0.6 is 0 Å². The van der Waals surface area contributed by atoms with Crippen LogP contribution in [0, 0.1) is 6.42 Å². The van der Waals surface area contributed by atoms with Crippen LogP contribution in [0.25, 0.3) is 0 Å². The summed E-state index contributed by atoms with van der Waals surface area (Å²) in [5, 5.41) is 0. The number of nitrogens with zero attached hydrogens (tertiary/aromatic N) is 1. The molecule has 103 valence electrons. The van der Waals surface area contributed by atoms with Crippen LogP contribution in [0.1, 0.15) is 0 Å². The fourth-order valence-electron chi connectivity index (χ4n) is 2.18. The van der Waals surface area contributed by atoms with Crippen molar-refractivity contribution in [3.63, 3.8) is 0 Å². The molecule has 6 nitrogen and oxygen atoms in total. The average Bonchev–Trinajstić information content (AvgIpc) is 2.28. The van der Waals surface area contributed by atoms with Crippen LogP contribution in [0.4, 0.5) is 0 Å². The number of sulfonamides is 1. The molecule has 2 saturated heterocycles. The molecule has 0 spiro atoms. The van der Waals surface area contributed by atoms with Gasteiger partial charge in [0, 0.05) is 59.0 Å². The van der Waals surface area contributed by atoms with E-state index in [4.69, 9.17) is 9.47 Å². The Labute approximate surface area is 134 Å². The van der Waals surface area contributed by atoms with Crippen molar-refractivity contribution in [2.45, 2.75) is 12.1 Å². The summed E-state index contributed by atoms with van der Waals surface area (Å²) in [7, 11) is -3.18. The summed E-state index contributed by atoms with van der Waals surface area (Å²) >= 11 is 0. The Morgan fingerprint density at radius 2 is 1.89 bits per heavy atom. The summed E-state index contributed by atoms with van der Waals surface area (Å²) in [5.41, 5.74) is 0. The molecule has 2 heterocycles. The molecular weight excluding hydrogens is 333 g/mol. The monoisotopic (exact) mass is 352 g/mol. The van der Waals surface area contributed by atoms with E-state index in [1.165, 1.54) is 6.26 Å². The molecule has 0 aliphatic carbocycles. The number of rotatable bonds is 3. The second kappa shape index (κ2) is 7.62. The van der Waals surface area contributed by atoms with E-state index in [-0.39, 0.29) is 44.8 Å². The molecule has 2 fully saturated rings. The summed E-state index contributed by atoms with van der Waals surface area (Å²) in [6.07, 6.45) is 3.19. The predicted octanol–water partition coefficient (Wildman–Crippen LogP) is -1.16. The predicted molar refractivity (Wildman–Crippen MR) is 63.1 cm³/mol. The van der Waals surface area contributed by atoms with Gasteiger partial charge < -0.3 is 14.4 Å². The third-order valence-corrected chi connectivity index (χ3v) is 3.65. The smallest absolute Gasteiger partial charge is 0.206 e.